The number of thiophene rings is 1. The second kappa shape index (κ2) is 6.28. The summed E-state index contributed by atoms with van der Waals surface area (Å²) in [5.74, 6) is -0.0478. The number of benzene rings is 1. The maximum Gasteiger partial charge on any atom is 0.205 e. The van der Waals surface area contributed by atoms with Crippen LogP contribution in [-0.4, -0.2) is 15.8 Å². The third-order valence-electron chi connectivity index (χ3n) is 5.10. The molecule has 3 heterocycles. The van der Waals surface area contributed by atoms with Gasteiger partial charge in [0.1, 0.15) is 9.71 Å². The van der Waals surface area contributed by atoms with Crippen LogP contribution in [0.25, 0.3) is 21.3 Å². The van der Waals surface area contributed by atoms with E-state index < -0.39 is 0 Å². The number of aryl methyl sites for hydroxylation is 1. The molecule has 5 heteroatoms. The zero-order valence-electron chi connectivity index (χ0n) is 14.6. The summed E-state index contributed by atoms with van der Waals surface area (Å²) in [4.78, 5) is 23.6. The van der Waals surface area contributed by atoms with Crippen LogP contribution in [0.3, 0.4) is 0 Å². The average molecular weight is 371 g/mol. The summed E-state index contributed by atoms with van der Waals surface area (Å²) in [7, 11) is 0. The summed E-state index contributed by atoms with van der Waals surface area (Å²) in [5.41, 5.74) is 12.2. The van der Waals surface area contributed by atoms with Gasteiger partial charge in [0.05, 0.1) is 5.69 Å². The van der Waals surface area contributed by atoms with E-state index in [0.29, 0.717) is 16.1 Å². The number of anilines is 1. The first-order valence-corrected chi connectivity index (χ1v) is 9.79. The number of carbonyl (C=O) groups excluding carboxylic acids is 1. The molecule has 0 bridgehead atoms. The van der Waals surface area contributed by atoms with E-state index in [0.717, 1.165) is 46.3 Å². The molecule has 0 spiro atoms. The van der Waals surface area contributed by atoms with Crippen molar-refractivity contribution in [2.75, 3.05) is 5.73 Å². The second-order valence-corrected chi connectivity index (χ2v) is 7.73. The molecule has 0 radical (unpaired) electrons. The zero-order valence-corrected chi connectivity index (χ0v) is 15.4. The average Bonchev–Trinajstić information content (AvgIpc) is 3.31. The van der Waals surface area contributed by atoms with Gasteiger partial charge in [-0.05, 0) is 30.9 Å². The first kappa shape index (κ1) is 16.1. The molecular weight excluding hydrogens is 354 g/mol. The van der Waals surface area contributed by atoms with Crippen LogP contribution in [0.4, 0.5) is 5.69 Å². The van der Waals surface area contributed by atoms with Crippen molar-refractivity contribution in [1.29, 1.82) is 0 Å². The molecule has 5 rings (SSSR count). The van der Waals surface area contributed by atoms with Crippen molar-refractivity contribution in [3.8, 4) is 11.1 Å². The molecule has 4 aromatic rings. The maximum absolute atomic E-state index is 13.0. The lowest BCUT2D eigenvalue weighted by atomic mass is 9.96. The topological polar surface area (TPSA) is 68.9 Å². The number of aromatic nitrogens is 2. The van der Waals surface area contributed by atoms with Gasteiger partial charge in [-0.2, -0.15) is 0 Å². The standard InChI is InChI=1S/C22H17N3OS/c23-19-18-17(14-8-5-11-24-12-14)15-9-4-10-16(15)25-22(18)27-21(19)20(26)13-6-2-1-3-7-13/h1-3,5-8,11-12H,4,9-10,23H2. The van der Waals surface area contributed by atoms with E-state index in [1.165, 1.54) is 16.9 Å². The molecule has 0 saturated heterocycles. The fourth-order valence-corrected chi connectivity index (χ4v) is 4.95. The van der Waals surface area contributed by atoms with Crippen molar-refractivity contribution in [3.05, 3.63) is 76.6 Å². The van der Waals surface area contributed by atoms with Gasteiger partial charge in [0, 0.05) is 40.2 Å². The molecule has 1 aromatic carbocycles. The van der Waals surface area contributed by atoms with Gasteiger partial charge in [-0.3, -0.25) is 9.78 Å². The van der Waals surface area contributed by atoms with Crippen LogP contribution in [0, 0.1) is 0 Å². The van der Waals surface area contributed by atoms with E-state index in [1.807, 2.05) is 42.6 Å². The quantitative estimate of drug-likeness (QED) is 0.532. The molecular formula is C22H17N3OS. The van der Waals surface area contributed by atoms with E-state index in [9.17, 15) is 4.79 Å². The van der Waals surface area contributed by atoms with Gasteiger partial charge in [-0.1, -0.05) is 36.4 Å². The molecule has 0 saturated carbocycles. The third kappa shape index (κ3) is 2.54. The number of pyridine rings is 2. The molecule has 0 amide bonds. The van der Waals surface area contributed by atoms with Crippen molar-refractivity contribution in [2.45, 2.75) is 19.3 Å². The van der Waals surface area contributed by atoms with E-state index >= 15 is 0 Å². The molecule has 1 aliphatic rings. The first-order valence-electron chi connectivity index (χ1n) is 8.98. The van der Waals surface area contributed by atoms with Gasteiger partial charge in [0.2, 0.25) is 5.78 Å². The largest absolute Gasteiger partial charge is 0.397 e. The highest BCUT2D eigenvalue weighted by atomic mass is 32.1. The summed E-state index contributed by atoms with van der Waals surface area (Å²) in [6.07, 6.45) is 6.69. The van der Waals surface area contributed by atoms with Crippen LogP contribution in [0.2, 0.25) is 0 Å². The Labute approximate surface area is 160 Å². The Kier molecular flexibility index (Phi) is 3.76. The van der Waals surface area contributed by atoms with Gasteiger partial charge in [0.25, 0.3) is 0 Å². The number of nitrogens with zero attached hydrogens (tertiary/aromatic N) is 2. The highest BCUT2D eigenvalue weighted by molar-refractivity contribution is 7.21. The van der Waals surface area contributed by atoms with Crippen LogP contribution in [0.5, 0.6) is 0 Å². The number of hydrogen-bond acceptors (Lipinski definition) is 5. The normalized spacial score (nSPS) is 13.0. The van der Waals surface area contributed by atoms with Crippen molar-refractivity contribution in [2.24, 2.45) is 0 Å². The van der Waals surface area contributed by atoms with Gasteiger partial charge >= 0.3 is 0 Å². The molecule has 27 heavy (non-hydrogen) atoms. The SMILES string of the molecule is Nc1c(C(=O)c2ccccc2)sc2nc3c(c(-c4cccnc4)c12)CCC3. The third-order valence-corrected chi connectivity index (χ3v) is 6.19. The van der Waals surface area contributed by atoms with Gasteiger partial charge in [-0.25, -0.2) is 4.98 Å². The molecule has 132 valence electrons. The number of carbonyl (C=O) groups is 1. The minimum absolute atomic E-state index is 0.0478. The molecule has 4 nitrogen and oxygen atoms in total. The Bertz CT molecular complexity index is 1170. The maximum atomic E-state index is 13.0. The summed E-state index contributed by atoms with van der Waals surface area (Å²) < 4.78 is 0. The van der Waals surface area contributed by atoms with E-state index in [2.05, 4.69) is 11.1 Å². The van der Waals surface area contributed by atoms with Crippen LogP contribution in [0.15, 0.2) is 54.9 Å². The van der Waals surface area contributed by atoms with Crippen molar-refractivity contribution >= 4 is 33.0 Å². The highest BCUT2D eigenvalue weighted by Crippen LogP contribution is 2.44. The van der Waals surface area contributed by atoms with Crippen LogP contribution < -0.4 is 5.73 Å². The number of hydrogen-bond donors (Lipinski definition) is 1. The lowest BCUT2D eigenvalue weighted by Gasteiger charge is -2.11. The number of nitrogens with two attached hydrogens (primary N) is 1. The molecule has 0 atom stereocenters. The van der Waals surface area contributed by atoms with Gasteiger partial charge in [0.15, 0.2) is 0 Å². The van der Waals surface area contributed by atoms with Crippen LogP contribution in [0.1, 0.15) is 32.9 Å². The minimum atomic E-state index is -0.0478. The van der Waals surface area contributed by atoms with Crippen molar-refractivity contribution in [3.63, 3.8) is 0 Å². The Morgan fingerprint density at radius 3 is 2.70 bits per heavy atom. The summed E-state index contributed by atoms with van der Waals surface area (Å²) >= 11 is 1.40. The van der Waals surface area contributed by atoms with E-state index in [-0.39, 0.29) is 5.78 Å². The first-order chi connectivity index (χ1) is 13.2. The molecule has 1 aliphatic carbocycles. The van der Waals surface area contributed by atoms with E-state index in [1.54, 1.807) is 6.20 Å². The summed E-state index contributed by atoms with van der Waals surface area (Å²) in [6, 6.07) is 13.3. The number of fused-ring (bicyclic) bond motifs is 2. The fourth-order valence-electron chi connectivity index (χ4n) is 3.86. The van der Waals surface area contributed by atoms with Crippen LogP contribution >= 0.6 is 11.3 Å². The predicted molar refractivity (Wildman–Crippen MR) is 109 cm³/mol. The Balaban J connectivity index is 1.79. The highest BCUT2D eigenvalue weighted by Gasteiger charge is 2.26. The molecule has 0 fully saturated rings. The zero-order chi connectivity index (χ0) is 18.4. The molecule has 0 aliphatic heterocycles. The predicted octanol–water partition coefficient (Wildman–Crippen LogP) is 4.66. The minimum Gasteiger partial charge on any atom is -0.397 e. The summed E-state index contributed by atoms with van der Waals surface area (Å²) in [6.45, 7) is 0. The number of rotatable bonds is 3. The number of nitrogen functional groups attached to an aromatic ring is 1. The van der Waals surface area contributed by atoms with Gasteiger partial charge < -0.3 is 5.73 Å². The number of ketones is 1. The molecule has 2 N–H and O–H groups in total. The second-order valence-electron chi connectivity index (χ2n) is 6.73. The Morgan fingerprint density at radius 1 is 1.07 bits per heavy atom. The van der Waals surface area contributed by atoms with Crippen molar-refractivity contribution in [1.82, 2.24) is 9.97 Å². The monoisotopic (exact) mass is 371 g/mol. The molecule has 3 aromatic heterocycles. The lowest BCUT2D eigenvalue weighted by Crippen LogP contribution is -2.02. The summed E-state index contributed by atoms with van der Waals surface area (Å²) in [5, 5.41) is 0.896. The van der Waals surface area contributed by atoms with E-state index in [4.69, 9.17) is 10.7 Å². The Hall–Kier alpha value is -3.05. The van der Waals surface area contributed by atoms with Crippen LogP contribution in [-0.2, 0) is 12.8 Å². The molecule has 0 unspecified atom stereocenters. The van der Waals surface area contributed by atoms with Crippen molar-refractivity contribution < 1.29 is 4.79 Å². The fraction of sp³-hybridized carbons (Fsp3) is 0.136. The van der Waals surface area contributed by atoms with Gasteiger partial charge in [-0.15, -0.1) is 11.3 Å². The Morgan fingerprint density at radius 2 is 1.93 bits per heavy atom. The smallest absolute Gasteiger partial charge is 0.205 e. The lowest BCUT2D eigenvalue weighted by molar-refractivity contribution is 0.104.